The molecule has 0 saturated carbocycles. The van der Waals surface area contributed by atoms with Crippen LogP contribution < -0.4 is 10.6 Å². The largest absolute Gasteiger partial charge is 0.394 e. The molecule has 6 nitrogen and oxygen atoms in total. The lowest BCUT2D eigenvalue weighted by Crippen LogP contribution is -2.52. The topological polar surface area (TPSA) is 79.2 Å². The van der Waals surface area contributed by atoms with Crippen LogP contribution in [0, 0.1) is 0 Å². The second-order valence-corrected chi connectivity index (χ2v) is 6.25. The fraction of sp³-hybridized carbons (Fsp3) is 0.444. The summed E-state index contributed by atoms with van der Waals surface area (Å²) in [6, 6.07) is 9.58. The first-order valence-corrected chi connectivity index (χ1v) is 8.27. The van der Waals surface area contributed by atoms with E-state index in [2.05, 4.69) is 15.7 Å². The Kier molecular flexibility index (Phi) is 6.37. The molecule has 0 aliphatic rings. The number of amides is 2. The number of aliphatic hydroxyl groups is 1. The van der Waals surface area contributed by atoms with Crippen LogP contribution in [0.3, 0.4) is 0 Å². The maximum Gasteiger partial charge on any atom is 0.315 e. The van der Waals surface area contributed by atoms with Crippen molar-refractivity contribution in [2.24, 2.45) is 0 Å². The number of benzene rings is 1. The van der Waals surface area contributed by atoms with Gasteiger partial charge in [0.15, 0.2) is 0 Å². The maximum absolute atomic E-state index is 12.1. The van der Waals surface area contributed by atoms with Crippen molar-refractivity contribution in [3.8, 4) is 0 Å². The predicted molar refractivity (Wildman–Crippen MR) is 93.5 cm³/mol. The van der Waals surface area contributed by atoms with Gasteiger partial charge < -0.3 is 15.7 Å². The Labute approximate surface area is 142 Å². The maximum atomic E-state index is 12.1. The number of hydrogen-bond donors (Lipinski definition) is 3. The monoisotopic (exact) mass is 330 g/mol. The number of aliphatic hydroxyl groups excluding tert-OH is 1. The molecule has 0 saturated heterocycles. The Morgan fingerprint density at radius 2 is 2.04 bits per heavy atom. The average Bonchev–Trinajstić information content (AvgIpc) is 3.07. The SMILES string of the molecule is CCCC(C)(CO)NC(=O)NCc1ccccc1Cn1cccn1. The van der Waals surface area contributed by atoms with Gasteiger partial charge in [0.1, 0.15) is 0 Å². The zero-order chi connectivity index (χ0) is 17.4. The zero-order valence-corrected chi connectivity index (χ0v) is 14.3. The number of rotatable bonds is 8. The third kappa shape index (κ3) is 5.09. The molecule has 1 atom stereocenters. The standard InChI is InChI=1S/C18H26N4O2/c1-3-9-18(2,14-23)21-17(24)19-12-15-7-4-5-8-16(15)13-22-11-6-10-20-22/h4-8,10-11,23H,3,9,12-14H2,1-2H3,(H2,19,21,24). The summed E-state index contributed by atoms with van der Waals surface area (Å²) >= 11 is 0. The molecule has 0 aliphatic heterocycles. The number of carbonyl (C=O) groups is 1. The lowest BCUT2D eigenvalue weighted by Gasteiger charge is -2.28. The van der Waals surface area contributed by atoms with Crippen molar-refractivity contribution in [1.82, 2.24) is 20.4 Å². The fourth-order valence-corrected chi connectivity index (χ4v) is 2.68. The van der Waals surface area contributed by atoms with E-state index in [0.717, 1.165) is 24.0 Å². The Hall–Kier alpha value is -2.34. The third-order valence-electron chi connectivity index (χ3n) is 4.02. The van der Waals surface area contributed by atoms with Crippen LogP contribution in [0.1, 0.15) is 37.8 Å². The molecule has 1 heterocycles. The van der Waals surface area contributed by atoms with E-state index >= 15 is 0 Å². The number of hydrogen-bond acceptors (Lipinski definition) is 3. The van der Waals surface area contributed by atoms with Crippen LogP contribution in [0.4, 0.5) is 4.79 Å². The second kappa shape index (κ2) is 8.49. The van der Waals surface area contributed by atoms with Gasteiger partial charge in [-0.3, -0.25) is 4.68 Å². The van der Waals surface area contributed by atoms with Gasteiger partial charge in [-0.1, -0.05) is 37.6 Å². The van der Waals surface area contributed by atoms with Crippen LogP contribution in [-0.4, -0.2) is 33.1 Å². The van der Waals surface area contributed by atoms with Gasteiger partial charge in [0.05, 0.1) is 18.7 Å². The Balaban J connectivity index is 1.95. The summed E-state index contributed by atoms with van der Waals surface area (Å²) < 4.78 is 1.85. The molecule has 6 heteroatoms. The number of nitrogens with one attached hydrogen (secondary N) is 2. The molecule has 0 bridgehead atoms. The lowest BCUT2D eigenvalue weighted by atomic mass is 9.98. The zero-order valence-electron chi connectivity index (χ0n) is 14.3. The van der Waals surface area contributed by atoms with Crippen molar-refractivity contribution < 1.29 is 9.90 Å². The highest BCUT2D eigenvalue weighted by Crippen LogP contribution is 2.12. The van der Waals surface area contributed by atoms with Gasteiger partial charge in [-0.25, -0.2) is 4.79 Å². The fourth-order valence-electron chi connectivity index (χ4n) is 2.68. The number of urea groups is 1. The van der Waals surface area contributed by atoms with Gasteiger partial charge in [-0.05, 0) is 30.5 Å². The Bertz CT molecular complexity index is 642. The molecule has 0 spiro atoms. The van der Waals surface area contributed by atoms with Gasteiger partial charge in [-0.15, -0.1) is 0 Å². The highest BCUT2D eigenvalue weighted by molar-refractivity contribution is 5.74. The minimum absolute atomic E-state index is 0.0792. The molecule has 0 fully saturated rings. The molecule has 0 radical (unpaired) electrons. The van der Waals surface area contributed by atoms with Crippen LogP contribution in [0.2, 0.25) is 0 Å². The van der Waals surface area contributed by atoms with E-state index in [-0.39, 0.29) is 12.6 Å². The van der Waals surface area contributed by atoms with E-state index in [9.17, 15) is 9.90 Å². The van der Waals surface area contributed by atoms with Crippen LogP contribution in [-0.2, 0) is 13.1 Å². The summed E-state index contributed by atoms with van der Waals surface area (Å²) in [4.78, 5) is 12.1. The number of nitrogens with zero attached hydrogens (tertiary/aromatic N) is 2. The third-order valence-corrected chi connectivity index (χ3v) is 4.02. The van der Waals surface area contributed by atoms with Gasteiger partial charge in [0.2, 0.25) is 0 Å². The van der Waals surface area contributed by atoms with Crippen molar-refractivity contribution in [2.75, 3.05) is 6.61 Å². The van der Waals surface area contributed by atoms with Gasteiger partial charge in [-0.2, -0.15) is 5.10 Å². The summed E-state index contributed by atoms with van der Waals surface area (Å²) in [5.74, 6) is 0. The first kappa shape index (κ1) is 18.0. The molecule has 2 aromatic rings. The molecule has 0 aliphatic carbocycles. The van der Waals surface area contributed by atoms with E-state index in [1.165, 1.54) is 0 Å². The van der Waals surface area contributed by atoms with Gasteiger partial charge in [0.25, 0.3) is 0 Å². The number of carbonyl (C=O) groups excluding carboxylic acids is 1. The molecule has 1 unspecified atom stereocenters. The molecule has 24 heavy (non-hydrogen) atoms. The molecule has 130 valence electrons. The molecular weight excluding hydrogens is 304 g/mol. The molecule has 2 amide bonds. The van der Waals surface area contributed by atoms with Crippen molar-refractivity contribution in [3.05, 3.63) is 53.9 Å². The van der Waals surface area contributed by atoms with E-state index in [4.69, 9.17) is 0 Å². The van der Waals surface area contributed by atoms with Gasteiger partial charge in [0, 0.05) is 18.9 Å². The van der Waals surface area contributed by atoms with E-state index in [1.54, 1.807) is 6.20 Å². The average molecular weight is 330 g/mol. The summed E-state index contributed by atoms with van der Waals surface area (Å²) in [7, 11) is 0. The molecular formula is C18H26N4O2. The first-order chi connectivity index (χ1) is 11.6. The first-order valence-electron chi connectivity index (χ1n) is 8.27. The van der Waals surface area contributed by atoms with E-state index < -0.39 is 5.54 Å². The Morgan fingerprint density at radius 1 is 1.29 bits per heavy atom. The summed E-state index contributed by atoms with van der Waals surface area (Å²) in [6.07, 6.45) is 5.28. The molecule has 1 aromatic carbocycles. The second-order valence-electron chi connectivity index (χ2n) is 6.25. The van der Waals surface area contributed by atoms with Crippen molar-refractivity contribution in [2.45, 2.75) is 45.3 Å². The lowest BCUT2D eigenvalue weighted by molar-refractivity contribution is 0.163. The van der Waals surface area contributed by atoms with E-state index in [0.29, 0.717) is 13.1 Å². The Morgan fingerprint density at radius 3 is 2.67 bits per heavy atom. The quantitative estimate of drug-likeness (QED) is 0.695. The molecule has 1 aromatic heterocycles. The van der Waals surface area contributed by atoms with Crippen molar-refractivity contribution in [3.63, 3.8) is 0 Å². The smallest absolute Gasteiger partial charge is 0.315 e. The molecule has 3 N–H and O–H groups in total. The normalized spacial score (nSPS) is 13.3. The van der Waals surface area contributed by atoms with Crippen LogP contribution in [0.25, 0.3) is 0 Å². The van der Waals surface area contributed by atoms with Gasteiger partial charge >= 0.3 is 6.03 Å². The molecule has 2 rings (SSSR count). The number of aromatic nitrogens is 2. The summed E-state index contributed by atoms with van der Waals surface area (Å²) in [6.45, 7) is 4.89. The highest BCUT2D eigenvalue weighted by Gasteiger charge is 2.24. The van der Waals surface area contributed by atoms with Crippen LogP contribution in [0.15, 0.2) is 42.7 Å². The van der Waals surface area contributed by atoms with Crippen molar-refractivity contribution >= 4 is 6.03 Å². The van der Waals surface area contributed by atoms with Crippen LogP contribution >= 0.6 is 0 Å². The summed E-state index contributed by atoms with van der Waals surface area (Å²) in [5, 5.41) is 19.4. The van der Waals surface area contributed by atoms with Crippen molar-refractivity contribution in [1.29, 1.82) is 0 Å². The predicted octanol–water partition coefficient (Wildman–Crippen LogP) is 2.28. The van der Waals surface area contributed by atoms with Crippen LogP contribution in [0.5, 0.6) is 0 Å². The minimum Gasteiger partial charge on any atom is -0.394 e. The summed E-state index contributed by atoms with van der Waals surface area (Å²) in [5.41, 5.74) is 1.57. The minimum atomic E-state index is -0.590. The van der Waals surface area contributed by atoms with E-state index in [1.807, 2.05) is 55.1 Å². The highest BCUT2D eigenvalue weighted by atomic mass is 16.3.